The van der Waals surface area contributed by atoms with Gasteiger partial charge in [-0.3, -0.25) is 9.59 Å². The number of ketones is 1. The summed E-state index contributed by atoms with van der Waals surface area (Å²) in [6.07, 6.45) is 8.55. The molecular weight excluding hydrogens is 1020 g/mol. The highest BCUT2D eigenvalue weighted by atomic mass is 16.7. The fourth-order valence-corrected chi connectivity index (χ4v) is 12.1. The van der Waals surface area contributed by atoms with Crippen LogP contribution in [0.2, 0.25) is 0 Å². The van der Waals surface area contributed by atoms with Gasteiger partial charge in [0.05, 0.1) is 62.0 Å². The maximum absolute atomic E-state index is 14.3. The zero-order valence-corrected chi connectivity index (χ0v) is 47.6. The van der Waals surface area contributed by atoms with Gasteiger partial charge in [0.15, 0.2) is 24.2 Å². The number of benzene rings is 2. The minimum absolute atomic E-state index is 0.0317. The average molecular weight is 1100 g/mol. The summed E-state index contributed by atoms with van der Waals surface area (Å²) in [7, 11) is 4.73. The number of ether oxygens (including phenoxy) is 11. The van der Waals surface area contributed by atoms with Crippen molar-refractivity contribution < 1.29 is 82.1 Å². The highest BCUT2D eigenvalue weighted by molar-refractivity contribution is 6.10. The Hall–Kier alpha value is -4.60. The van der Waals surface area contributed by atoms with Crippen LogP contribution < -0.4 is 4.74 Å². The number of carbonyl (C=O) groups excluding carboxylic acids is 2. The van der Waals surface area contributed by atoms with Crippen LogP contribution in [0, 0.1) is 23.7 Å². The van der Waals surface area contributed by atoms with Crippen LogP contribution in [0.4, 0.5) is 0 Å². The van der Waals surface area contributed by atoms with Crippen molar-refractivity contribution >= 4 is 11.8 Å². The third kappa shape index (κ3) is 13.4. The Morgan fingerprint density at radius 1 is 0.848 bits per heavy atom. The van der Waals surface area contributed by atoms with E-state index in [9.17, 15) is 30.0 Å². The third-order valence-corrected chi connectivity index (χ3v) is 17.0. The number of allylic oxidation sites excluding steroid dienone is 2. The second kappa shape index (κ2) is 26.1. The predicted molar refractivity (Wildman–Crippen MR) is 292 cm³/mol. The molecule has 20 unspecified atom stereocenters. The molecule has 0 radical (unpaired) electrons. The van der Waals surface area contributed by atoms with Gasteiger partial charge in [0.25, 0.3) is 0 Å². The van der Waals surface area contributed by atoms with Crippen LogP contribution in [0.3, 0.4) is 0 Å². The summed E-state index contributed by atoms with van der Waals surface area (Å²) < 4.78 is 68.6. The molecule has 9 rings (SSSR count). The maximum atomic E-state index is 14.3. The fourth-order valence-electron chi connectivity index (χ4n) is 12.1. The van der Waals surface area contributed by atoms with E-state index in [1.54, 1.807) is 76.6 Å². The van der Waals surface area contributed by atoms with Gasteiger partial charge < -0.3 is 72.5 Å². The number of rotatable bonds is 11. The smallest absolute Gasteiger partial charge is 0.316 e. The lowest BCUT2D eigenvalue weighted by molar-refractivity contribution is -0.318. The molecule has 2 bridgehead atoms. The Bertz CT molecular complexity index is 2560. The van der Waals surface area contributed by atoms with Gasteiger partial charge >= 0.3 is 5.97 Å². The molecule has 7 aliphatic rings. The second-order valence-electron chi connectivity index (χ2n) is 22.5. The lowest BCUT2D eigenvalue weighted by Crippen LogP contribution is -2.58. The number of esters is 1. The molecular formula is C62H84O17. The van der Waals surface area contributed by atoms with Gasteiger partial charge in [0, 0.05) is 63.4 Å². The van der Waals surface area contributed by atoms with Crippen molar-refractivity contribution in [1.29, 1.82) is 0 Å². The standard InChI is InChI=1S/C48H72O14.C14H12O3/c1-11-25(2)43-28(5)17-18-47(62-43)23-34-20-33(61-47)16-15-27(4)42(26(3)13-12-14-32-24-55-45-40(49)29(6)19-35(46(51)58-34)48(32,45)52)59-39-22-37(54-10)44(31(8)57-39)60-38-21-36(53-9)41(50)30(7)56-38;1-17-11-7-8-12(13(15)9-11)14(16)10-5-3-2-4-6-10/h12-15,17-19,25-26,28,30-31,33-45,49-50,52H,11,16,20-24H2,1-10H3;2-9,15H,1H3. The van der Waals surface area contributed by atoms with Gasteiger partial charge in [-0.2, -0.15) is 0 Å². The molecule has 4 N–H and O–H groups in total. The molecule has 1 aliphatic carbocycles. The third-order valence-electron chi connectivity index (χ3n) is 17.0. The predicted octanol–water partition coefficient (Wildman–Crippen LogP) is 8.01. The van der Waals surface area contributed by atoms with Gasteiger partial charge in [-0.1, -0.05) is 101 Å². The van der Waals surface area contributed by atoms with Crippen LogP contribution in [0.1, 0.15) is 110 Å². The Morgan fingerprint density at radius 2 is 1.56 bits per heavy atom. The topological polar surface area (TPSA) is 217 Å². The molecule has 0 saturated carbocycles. The van der Waals surface area contributed by atoms with E-state index in [1.807, 2.05) is 38.1 Å². The number of hydrogen-bond acceptors (Lipinski definition) is 17. The van der Waals surface area contributed by atoms with Crippen LogP contribution in [-0.4, -0.2) is 157 Å². The van der Waals surface area contributed by atoms with Crippen molar-refractivity contribution in [2.45, 2.75) is 191 Å². The first-order valence-corrected chi connectivity index (χ1v) is 28.0. The van der Waals surface area contributed by atoms with Crippen LogP contribution in [0.25, 0.3) is 0 Å². The largest absolute Gasteiger partial charge is 0.507 e. The van der Waals surface area contributed by atoms with Crippen LogP contribution >= 0.6 is 0 Å². The normalized spacial score (nSPS) is 39.0. The van der Waals surface area contributed by atoms with Gasteiger partial charge in [-0.25, -0.2) is 0 Å². The van der Waals surface area contributed by atoms with Crippen LogP contribution in [0.5, 0.6) is 11.5 Å². The molecule has 1 spiro atoms. The number of hydrogen-bond donors (Lipinski definition) is 4. The quantitative estimate of drug-likeness (QED) is 0.0952. The van der Waals surface area contributed by atoms with E-state index < -0.39 is 90.8 Å². The summed E-state index contributed by atoms with van der Waals surface area (Å²) in [5.74, 6) is -2.32. The summed E-state index contributed by atoms with van der Waals surface area (Å²) in [5.41, 5.74) is 0.958. The minimum atomic E-state index is -1.84. The molecule has 17 nitrogen and oxygen atoms in total. The maximum Gasteiger partial charge on any atom is 0.316 e. The number of aromatic hydroxyl groups is 1. The van der Waals surface area contributed by atoms with E-state index in [4.69, 9.17) is 52.1 Å². The van der Waals surface area contributed by atoms with Crippen molar-refractivity contribution in [1.82, 2.24) is 0 Å². The molecule has 4 saturated heterocycles. The molecule has 17 heteroatoms. The average Bonchev–Trinajstić information content (AvgIpc) is 4.07. The van der Waals surface area contributed by atoms with Crippen LogP contribution in [-0.2, 0) is 52.2 Å². The number of aliphatic hydroxyl groups excluding tert-OH is 2. The first kappa shape index (κ1) is 60.5. The van der Waals surface area contributed by atoms with Crippen molar-refractivity contribution in [2.24, 2.45) is 23.7 Å². The Kier molecular flexibility index (Phi) is 20.0. The van der Waals surface area contributed by atoms with Gasteiger partial charge in [-0.15, -0.1) is 0 Å². The fraction of sp³-hybridized carbons (Fsp3) is 0.613. The monoisotopic (exact) mass is 1100 g/mol. The highest BCUT2D eigenvalue weighted by Crippen LogP contribution is 2.47. The SMILES string of the molecule is CCC(C)C1OC2(C=CC1C)CC1CC(CC=C(C)C(OC3CC(OC)C(OC4CC(OC)C(O)C(C)O4)C(C)O3)C(C)C=CC=C3COC4C(O)C(C)=CC(C(=O)O1)C34O)O2.COc1ccc(C(=O)c2ccccc2)c(O)c1. The molecule has 6 heterocycles. The number of carbonyl (C=O) groups is 2. The molecule has 0 aromatic heterocycles. The Morgan fingerprint density at radius 3 is 2.25 bits per heavy atom. The molecule has 20 atom stereocenters. The minimum Gasteiger partial charge on any atom is -0.507 e. The number of phenols is 1. The van der Waals surface area contributed by atoms with Crippen molar-refractivity contribution in [3.05, 3.63) is 119 Å². The summed E-state index contributed by atoms with van der Waals surface area (Å²) in [6, 6.07) is 13.5. The molecule has 79 heavy (non-hydrogen) atoms. The summed E-state index contributed by atoms with van der Waals surface area (Å²) in [4.78, 5) is 26.4. The van der Waals surface area contributed by atoms with Gasteiger partial charge in [0.2, 0.25) is 0 Å². The van der Waals surface area contributed by atoms with E-state index >= 15 is 0 Å². The van der Waals surface area contributed by atoms with Crippen molar-refractivity contribution in [2.75, 3.05) is 27.9 Å². The highest BCUT2D eigenvalue weighted by Gasteiger charge is 2.60. The second-order valence-corrected chi connectivity index (χ2v) is 22.5. The lowest BCUT2D eigenvalue weighted by Gasteiger charge is -2.48. The van der Waals surface area contributed by atoms with Gasteiger partial charge in [0.1, 0.15) is 53.5 Å². The van der Waals surface area contributed by atoms with Crippen LogP contribution in [0.15, 0.2) is 108 Å². The molecule has 2 aromatic carbocycles. The lowest BCUT2D eigenvalue weighted by atomic mass is 9.71. The molecule has 2 aromatic rings. The van der Waals surface area contributed by atoms with E-state index in [0.29, 0.717) is 54.6 Å². The molecule has 6 aliphatic heterocycles. The molecule has 0 amide bonds. The first-order valence-electron chi connectivity index (χ1n) is 28.0. The number of methoxy groups -OCH3 is 3. The number of aliphatic hydroxyl groups is 3. The summed E-state index contributed by atoms with van der Waals surface area (Å²) >= 11 is 0. The first-order chi connectivity index (χ1) is 37.7. The van der Waals surface area contributed by atoms with Gasteiger partial charge in [-0.05, 0) is 75.0 Å². The summed E-state index contributed by atoms with van der Waals surface area (Å²) in [6.45, 7) is 16.1. The van der Waals surface area contributed by atoms with E-state index in [2.05, 4.69) is 39.8 Å². The summed E-state index contributed by atoms with van der Waals surface area (Å²) in [5, 5.41) is 44.0. The number of phenolic OH excluding ortho intramolecular Hbond substituents is 1. The Balaban J connectivity index is 0.000000410. The van der Waals surface area contributed by atoms with Crippen molar-refractivity contribution in [3.63, 3.8) is 0 Å². The zero-order chi connectivity index (χ0) is 56.9. The van der Waals surface area contributed by atoms with E-state index in [1.165, 1.54) is 13.2 Å². The van der Waals surface area contributed by atoms with E-state index in [0.717, 1.165) is 12.0 Å². The zero-order valence-electron chi connectivity index (χ0n) is 47.6. The molecule has 434 valence electrons. The Labute approximate surface area is 465 Å². The van der Waals surface area contributed by atoms with E-state index in [-0.39, 0.29) is 59.8 Å². The number of fused-ring (bicyclic) bond motifs is 2. The molecule has 4 fully saturated rings. The van der Waals surface area contributed by atoms with Crippen molar-refractivity contribution in [3.8, 4) is 11.5 Å².